The molecule has 0 N–H and O–H groups in total. The average Bonchev–Trinajstić information content (AvgIpc) is 3.39. The molecule has 2 aliphatic rings. The van der Waals surface area contributed by atoms with Crippen molar-refractivity contribution in [3.63, 3.8) is 0 Å². The first-order valence-electron chi connectivity index (χ1n) is 12.7. The number of hydrogen-bond acceptors (Lipinski definition) is 8. The molecule has 0 bridgehead atoms. The van der Waals surface area contributed by atoms with E-state index in [9.17, 15) is 19.6 Å². The van der Waals surface area contributed by atoms with Gasteiger partial charge in [0, 0.05) is 36.4 Å². The molecule has 2 amide bonds. The zero-order chi connectivity index (χ0) is 28.2. The molecule has 3 aromatic rings. The molecule has 2 aromatic carbocycles. The van der Waals surface area contributed by atoms with Crippen LogP contribution < -0.4 is 9.47 Å². The number of amides is 2. The van der Waals surface area contributed by atoms with Crippen molar-refractivity contribution in [1.29, 1.82) is 5.26 Å². The fourth-order valence-electron chi connectivity index (χ4n) is 4.55. The predicted octanol–water partition coefficient (Wildman–Crippen LogP) is 3.86. The highest BCUT2D eigenvalue weighted by molar-refractivity contribution is 6.19. The second-order valence-electron chi connectivity index (χ2n) is 9.20. The maximum atomic E-state index is 13.6. The second-order valence-corrected chi connectivity index (χ2v) is 9.20. The van der Waals surface area contributed by atoms with Gasteiger partial charge >= 0.3 is 5.97 Å². The monoisotopic (exact) mass is 538 g/mol. The third kappa shape index (κ3) is 5.22. The normalized spacial score (nSPS) is 15.8. The molecule has 0 fully saturated rings. The maximum Gasteiger partial charge on any atom is 0.302 e. The number of carbonyl (C=O) groups excluding carboxylic acids is 3. The van der Waals surface area contributed by atoms with E-state index in [2.05, 4.69) is 0 Å². The molecule has 40 heavy (non-hydrogen) atoms. The number of carbonyl (C=O) groups is 3. The number of fused-ring (bicyclic) bond motifs is 1. The van der Waals surface area contributed by atoms with E-state index in [-0.39, 0.29) is 36.3 Å². The van der Waals surface area contributed by atoms with E-state index < -0.39 is 17.8 Å². The Kier molecular flexibility index (Phi) is 7.46. The van der Waals surface area contributed by atoms with Crippen LogP contribution in [0.2, 0.25) is 0 Å². The number of ether oxygens (including phenoxy) is 3. The summed E-state index contributed by atoms with van der Waals surface area (Å²) in [5.41, 5.74) is 3.11. The van der Waals surface area contributed by atoms with Crippen LogP contribution >= 0.6 is 0 Å². The Hall–Kier alpha value is -5.17. The number of hydrogen-bond donors (Lipinski definition) is 0. The first-order valence-corrected chi connectivity index (χ1v) is 12.7. The van der Waals surface area contributed by atoms with Gasteiger partial charge in [0.05, 0.1) is 12.3 Å². The topological polar surface area (TPSA) is 124 Å². The summed E-state index contributed by atoms with van der Waals surface area (Å²) in [6.07, 6.45) is 3.69. The van der Waals surface area contributed by atoms with E-state index >= 15 is 0 Å². The van der Waals surface area contributed by atoms with Crippen LogP contribution in [0.25, 0.3) is 23.0 Å². The number of aromatic nitrogens is 2. The van der Waals surface area contributed by atoms with Gasteiger partial charge in [-0.2, -0.15) is 10.4 Å². The summed E-state index contributed by atoms with van der Waals surface area (Å²) < 4.78 is 18.1. The van der Waals surface area contributed by atoms with Crippen LogP contribution in [0.15, 0.2) is 71.4 Å². The largest absolute Gasteiger partial charge is 0.486 e. The lowest BCUT2D eigenvalue weighted by Gasteiger charge is -2.27. The van der Waals surface area contributed by atoms with E-state index in [0.717, 1.165) is 16.2 Å². The SMILES string of the molecule is CC(=O)OCCCN1C(=O)C(C#N)=C(C)/C(=C\c2cn(-c3ccccc3)nc2-c2ccc3c(c2)OCCO3)C1=O. The van der Waals surface area contributed by atoms with E-state index in [1.807, 2.05) is 54.6 Å². The molecule has 0 radical (unpaired) electrons. The minimum atomic E-state index is -0.669. The molecular formula is C30H26N4O6. The van der Waals surface area contributed by atoms with Crippen molar-refractivity contribution in [2.75, 3.05) is 26.4 Å². The molecule has 0 spiro atoms. The van der Waals surface area contributed by atoms with Gasteiger partial charge in [0.25, 0.3) is 11.8 Å². The molecule has 0 atom stereocenters. The Bertz CT molecular complexity index is 1600. The van der Waals surface area contributed by atoms with Crippen LogP contribution in [0, 0.1) is 11.3 Å². The van der Waals surface area contributed by atoms with E-state index in [1.54, 1.807) is 23.9 Å². The van der Waals surface area contributed by atoms with Gasteiger partial charge in [0.15, 0.2) is 11.5 Å². The van der Waals surface area contributed by atoms with E-state index in [4.69, 9.17) is 19.3 Å². The predicted molar refractivity (Wildman–Crippen MR) is 144 cm³/mol. The lowest BCUT2D eigenvalue weighted by atomic mass is 9.93. The number of rotatable bonds is 7. The molecule has 10 nitrogen and oxygen atoms in total. The van der Waals surface area contributed by atoms with Gasteiger partial charge in [-0.05, 0) is 55.3 Å². The molecule has 0 saturated carbocycles. The molecule has 3 heterocycles. The molecule has 10 heteroatoms. The summed E-state index contributed by atoms with van der Waals surface area (Å²) in [4.78, 5) is 38.7. The highest BCUT2D eigenvalue weighted by atomic mass is 16.6. The van der Waals surface area contributed by atoms with Gasteiger partial charge in [-0.25, -0.2) is 4.68 Å². The quantitative estimate of drug-likeness (QED) is 0.192. The number of esters is 1. The van der Waals surface area contributed by atoms with Gasteiger partial charge < -0.3 is 14.2 Å². The fourth-order valence-corrected chi connectivity index (χ4v) is 4.55. The van der Waals surface area contributed by atoms with Crippen LogP contribution in [0.4, 0.5) is 0 Å². The fraction of sp³-hybridized carbons (Fsp3) is 0.233. The van der Waals surface area contributed by atoms with Gasteiger partial charge in [-0.3, -0.25) is 19.3 Å². The summed E-state index contributed by atoms with van der Waals surface area (Å²) in [6, 6.07) is 17.0. The third-order valence-corrected chi connectivity index (χ3v) is 6.54. The Balaban J connectivity index is 1.59. The number of para-hydroxylation sites is 1. The second kappa shape index (κ2) is 11.3. The van der Waals surface area contributed by atoms with Crippen LogP contribution in [0.1, 0.15) is 25.8 Å². The van der Waals surface area contributed by atoms with Crippen LogP contribution in [-0.2, 0) is 19.1 Å². The van der Waals surface area contributed by atoms with Crippen molar-refractivity contribution in [2.45, 2.75) is 20.3 Å². The van der Waals surface area contributed by atoms with Crippen molar-refractivity contribution >= 4 is 23.9 Å². The van der Waals surface area contributed by atoms with Crippen molar-refractivity contribution in [2.24, 2.45) is 0 Å². The summed E-state index contributed by atoms with van der Waals surface area (Å²) in [6.45, 7) is 3.82. The Morgan fingerprint density at radius 3 is 2.58 bits per heavy atom. The zero-order valence-electron chi connectivity index (χ0n) is 22.0. The molecular weight excluding hydrogens is 512 g/mol. The van der Waals surface area contributed by atoms with Crippen LogP contribution in [0.3, 0.4) is 0 Å². The first-order chi connectivity index (χ1) is 19.4. The molecule has 0 unspecified atom stereocenters. The molecule has 202 valence electrons. The maximum absolute atomic E-state index is 13.6. The standard InChI is InChI=1S/C30H26N4O6/c1-19-24(29(36)33(30(37)25(19)17-31)11-6-12-38-20(2)35)15-22-18-34(23-7-4-3-5-8-23)32-28(22)21-9-10-26-27(16-21)40-14-13-39-26/h3-5,7-10,15-16,18H,6,11-14H2,1-2H3/b24-15+. The number of imide groups is 1. The van der Waals surface area contributed by atoms with Crippen molar-refractivity contribution < 1.29 is 28.6 Å². The lowest BCUT2D eigenvalue weighted by molar-refractivity contribution is -0.141. The smallest absolute Gasteiger partial charge is 0.302 e. The third-order valence-electron chi connectivity index (χ3n) is 6.54. The average molecular weight is 539 g/mol. The summed E-state index contributed by atoms with van der Waals surface area (Å²) in [5, 5.41) is 14.6. The minimum absolute atomic E-state index is 0.000950. The highest BCUT2D eigenvalue weighted by Crippen LogP contribution is 2.37. The molecule has 0 aliphatic carbocycles. The minimum Gasteiger partial charge on any atom is -0.486 e. The van der Waals surface area contributed by atoms with Gasteiger partial charge in [0.2, 0.25) is 0 Å². The molecule has 0 saturated heterocycles. The zero-order valence-corrected chi connectivity index (χ0v) is 22.0. The number of benzene rings is 2. The molecule has 1 aromatic heterocycles. The van der Waals surface area contributed by atoms with Crippen molar-refractivity contribution in [3.8, 4) is 34.5 Å². The Morgan fingerprint density at radius 2 is 1.85 bits per heavy atom. The summed E-state index contributed by atoms with van der Waals surface area (Å²) in [5.74, 6) is -0.424. The van der Waals surface area contributed by atoms with Crippen LogP contribution in [0.5, 0.6) is 11.5 Å². The highest BCUT2D eigenvalue weighted by Gasteiger charge is 2.35. The van der Waals surface area contributed by atoms with Crippen molar-refractivity contribution in [3.05, 3.63) is 77.0 Å². The van der Waals surface area contributed by atoms with Gasteiger partial charge in [-0.1, -0.05) is 18.2 Å². The van der Waals surface area contributed by atoms with Crippen LogP contribution in [-0.4, -0.2) is 58.8 Å². The molecule has 2 aliphatic heterocycles. The number of nitrogens with zero attached hydrogens (tertiary/aromatic N) is 4. The molecule has 5 rings (SSSR count). The van der Waals surface area contributed by atoms with Gasteiger partial charge in [-0.15, -0.1) is 0 Å². The summed E-state index contributed by atoms with van der Waals surface area (Å²) in [7, 11) is 0. The van der Waals surface area contributed by atoms with E-state index in [1.165, 1.54) is 6.92 Å². The Morgan fingerprint density at radius 1 is 1.10 bits per heavy atom. The van der Waals surface area contributed by atoms with Crippen molar-refractivity contribution in [1.82, 2.24) is 14.7 Å². The van der Waals surface area contributed by atoms with Gasteiger partial charge in [0.1, 0.15) is 30.6 Å². The van der Waals surface area contributed by atoms with E-state index in [0.29, 0.717) is 36.0 Å². The Labute approximate surface area is 230 Å². The summed E-state index contributed by atoms with van der Waals surface area (Å²) >= 11 is 0. The lowest BCUT2D eigenvalue weighted by Crippen LogP contribution is -2.43. The first kappa shape index (κ1) is 26.4. The number of nitriles is 1.